The van der Waals surface area contributed by atoms with Crippen molar-refractivity contribution in [3.63, 3.8) is 0 Å². The van der Waals surface area contributed by atoms with E-state index in [1.54, 1.807) is 19.5 Å². The lowest BCUT2D eigenvalue weighted by Gasteiger charge is -2.24. The molecule has 4 rings (SSSR count). The predicted octanol–water partition coefficient (Wildman–Crippen LogP) is 2.55. The van der Waals surface area contributed by atoms with Gasteiger partial charge >= 0.3 is 0 Å². The lowest BCUT2D eigenvalue weighted by atomic mass is 10.1. The maximum atomic E-state index is 5.27. The highest BCUT2D eigenvalue weighted by molar-refractivity contribution is 5.86. The average Bonchev–Trinajstić information content (AvgIpc) is 3.08. The van der Waals surface area contributed by atoms with Crippen molar-refractivity contribution in [3.8, 4) is 0 Å². The summed E-state index contributed by atoms with van der Waals surface area (Å²) < 4.78 is 7.16. The van der Waals surface area contributed by atoms with Gasteiger partial charge < -0.3 is 10.1 Å². The highest BCUT2D eigenvalue weighted by Crippen LogP contribution is 2.39. The van der Waals surface area contributed by atoms with Gasteiger partial charge in [0.05, 0.1) is 30.2 Å². The first-order valence-electron chi connectivity index (χ1n) is 8.09. The smallest absolute Gasteiger partial charge is 0.160 e. The van der Waals surface area contributed by atoms with Gasteiger partial charge in [0.25, 0.3) is 0 Å². The summed E-state index contributed by atoms with van der Waals surface area (Å²) in [6, 6.07) is 0. The molecule has 126 valence electrons. The SMILES string of the molecule is COCC(C)(C)n1cc(Nc2nc(C3CC3)nc3cn[nH]c23)cn1. The molecule has 0 atom stereocenters. The van der Waals surface area contributed by atoms with Crippen LogP contribution < -0.4 is 5.32 Å². The van der Waals surface area contributed by atoms with Crippen molar-refractivity contribution in [2.24, 2.45) is 0 Å². The molecule has 3 aromatic rings. The fourth-order valence-corrected chi connectivity index (χ4v) is 2.75. The number of hydrogen-bond donors (Lipinski definition) is 2. The predicted molar refractivity (Wildman–Crippen MR) is 90.4 cm³/mol. The molecule has 0 saturated heterocycles. The van der Waals surface area contributed by atoms with Crippen molar-refractivity contribution in [1.29, 1.82) is 0 Å². The van der Waals surface area contributed by atoms with Crippen molar-refractivity contribution >= 4 is 22.5 Å². The minimum atomic E-state index is -0.219. The number of nitrogens with one attached hydrogen (secondary N) is 2. The second-order valence-corrected chi connectivity index (χ2v) is 6.88. The van der Waals surface area contributed by atoms with E-state index < -0.39 is 0 Å². The number of aromatic amines is 1. The van der Waals surface area contributed by atoms with Gasteiger partial charge in [0, 0.05) is 19.2 Å². The van der Waals surface area contributed by atoms with Crippen molar-refractivity contribution < 1.29 is 4.74 Å². The van der Waals surface area contributed by atoms with Crippen LogP contribution in [0.15, 0.2) is 18.6 Å². The van der Waals surface area contributed by atoms with Crippen LogP contribution in [0.2, 0.25) is 0 Å². The number of hydrogen-bond acceptors (Lipinski definition) is 6. The molecule has 0 radical (unpaired) electrons. The third-order valence-corrected chi connectivity index (χ3v) is 4.22. The number of nitrogens with zero attached hydrogens (tertiary/aromatic N) is 5. The molecule has 0 aliphatic heterocycles. The second kappa shape index (κ2) is 5.55. The van der Waals surface area contributed by atoms with E-state index in [2.05, 4.69) is 44.4 Å². The van der Waals surface area contributed by atoms with Crippen LogP contribution in [-0.4, -0.2) is 43.7 Å². The molecular formula is C16H21N7O. The van der Waals surface area contributed by atoms with E-state index >= 15 is 0 Å². The van der Waals surface area contributed by atoms with Crippen LogP contribution in [0.4, 0.5) is 11.5 Å². The molecule has 1 saturated carbocycles. The lowest BCUT2D eigenvalue weighted by molar-refractivity contribution is 0.101. The van der Waals surface area contributed by atoms with Crippen molar-refractivity contribution in [3.05, 3.63) is 24.4 Å². The van der Waals surface area contributed by atoms with E-state index in [1.807, 2.05) is 10.9 Å². The Morgan fingerprint density at radius 3 is 2.92 bits per heavy atom. The number of anilines is 2. The zero-order valence-electron chi connectivity index (χ0n) is 14.1. The van der Waals surface area contributed by atoms with Crippen LogP contribution in [0.1, 0.15) is 38.4 Å². The third kappa shape index (κ3) is 2.73. The molecule has 3 heterocycles. The van der Waals surface area contributed by atoms with Gasteiger partial charge in [0.15, 0.2) is 5.82 Å². The van der Waals surface area contributed by atoms with E-state index in [9.17, 15) is 0 Å². The molecule has 1 aliphatic rings. The third-order valence-electron chi connectivity index (χ3n) is 4.22. The van der Waals surface area contributed by atoms with Crippen molar-refractivity contribution in [1.82, 2.24) is 29.9 Å². The summed E-state index contributed by atoms with van der Waals surface area (Å²) in [5.41, 5.74) is 2.29. The summed E-state index contributed by atoms with van der Waals surface area (Å²) >= 11 is 0. The van der Waals surface area contributed by atoms with Crippen LogP contribution in [0, 0.1) is 0 Å². The number of rotatable bonds is 6. The van der Waals surface area contributed by atoms with Gasteiger partial charge in [-0.1, -0.05) is 0 Å². The van der Waals surface area contributed by atoms with E-state index in [4.69, 9.17) is 4.74 Å². The Morgan fingerprint density at radius 2 is 2.17 bits per heavy atom. The van der Waals surface area contributed by atoms with E-state index in [-0.39, 0.29) is 5.54 Å². The van der Waals surface area contributed by atoms with Gasteiger partial charge in [-0.05, 0) is 26.7 Å². The molecule has 2 N–H and O–H groups in total. The fraction of sp³-hybridized carbons (Fsp3) is 0.500. The molecule has 0 spiro atoms. The Kier molecular flexibility index (Phi) is 3.49. The molecular weight excluding hydrogens is 306 g/mol. The summed E-state index contributed by atoms with van der Waals surface area (Å²) in [6.45, 7) is 4.74. The van der Waals surface area contributed by atoms with Gasteiger partial charge in [-0.3, -0.25) is 9.78 Å². The summed E-state index contributed by atoms with van der Waals surface area (Å²) in [5, 5.41) is 14.8. The van der Waals surface area contributed by atoms with Crippen molar-refractivity contribution in [2.45, 2.75) is 38.1 Å². The van der Waals surface area contributed by atoms with Gasteiger partial charge in [-0.15, -0.1) is 0 Å². The lowest BCUT2D eigenvalue weighted by Crippen LogP contribution is -2.31. The minimum Gasteiger partial charge on any atom is -0.382 e. The Bertz CT molecular complexity index is 862. The number of ether oxygens (including phenoxy) is 1. The van der Waals surface area contributed by atoms with Crippen LogP contribution in [0.5, 0.6) is 0 Å². The molecule has 24 heavy (non-hydrogen) atoms. The first-order valence-corrected chi connectivity index (χ1v) is 8.09. The van der Waals surface area contributed by atoms with Crippen LogP contribution in [-0.2, 0) is 10.3 Å². The molecule has 8 nitrogen and oxygen atoms in total. The summed E-state index contributed by atoms with van der Waals surface area (Å²) in [7, 11) is 1.69. The molecule has 0 amide bonds. The standard InChI is InChI=1S/C16H21N7O/c1-16(2,9-24-3)23-8-11(6-18-23)19-15-13-12(7-17-22-13)20-14(21-15)10-4-5-10/h6-8,10H,4-5,9H2,1-3H3,(H,17,22)(H,19,20,21). The number of H-pyrrole nitrogens is 1. The van der Waals surface area contributed by atoms with Gasteiger partial charge in [-0.25, -0.2) is 9.97 Å². The summed E-state index contributed by atoms with van der Waals surface area (Å²) in [5.74, 6) is 2.11. The molecule has 8 heteroatoms. The largest absolute Gasteiger partial charge is 0.382 e. The highest BCUT2D eigenvalue weighted by atomic mass is 16.5. The van der Waals surface area contributed by atoms with E-state index in [0.29, 0.717) is 12.5 Å². The van der Waals surface area contributed by atoms with E-state index in [0.717, 1.165) is 41.2 Å². The molecule has 3 aromatic heterocycles. The van der Waals surface area contributed by atoms with Crippen LogP contribution >= 0.6 is 0 Å². The van der Waals surface area contributed by atoms with Gasteiger partial charge in [0.2, 0.25) is 0 Å². The zero-order valence-corrected chi connectivity index (χ0v) is 14.1. The average molecular weight is 327 g/mol. The molecule has 0 aromatic carbocycles. The fourth-order valence-electron chi connectivity index (χ4n) is 2.75. The van der Waals surface area contributed by atoms with Crippen LogP contribution in [0.3, 0.4) is 0 Å². The van der Waals surface area contributed by atoms with Crippen molar-refractivity contribution in [2.75, 3.05) is 19.0 Å². The van der Waals surface area contributed by atoms with Gasteiger partial charge in [0.1, 0.15) is 16.9 Å². The molecule has 0 bridgehead atoms. The second-order valence-electron chi connectivity index (χ2n) is 6.88. The molecule has 1 fully saturated rings. The number of aromatic nitrogens is 6. The normalized spacial score (nSPS) is 15.1. The zero-order chi connectivity index (χ0) is 16.7. The Hall–Kier alpha value is -2.48. The molecule has 0 unspecified atom stereocenters. The topological polar surface area (TPSA) is 93.5 Å². The first-order chi connectivity index (χ1) is 11.6. The Balaban J connectivity index is 1.65. The first kappa shape index (κ1) is 15.1. The number of methoxy groups -OCH3 is 1. The summed E-state index contributed by atoms with van der Waals surface area (Å²) in [6.07, 6.45) is 7.80. The maximum absolute atomic E-state index is 5.27. The maximum Gasteiger partial charge on any atom is 0.160 e. The summed E-state index contributed by atoms with van der Waals surface area (Å²) in [4.78, 5) is 9.27. The molecule has 1 aliphatic carbocycles. The number of fused-ring (bicyclic) bond motifs is 1. The Morgan fingerprint density at radius 1 is 1.33 bits per heavy atom. The monoisotopic (exact) mass is 327 g/mol. The Labute approximate surface area is 139 Å². The van der Waals surface area contributed by atoms with Crippen LogP contribution in [0.25, 0.3) is 11.0 Å². The minimum absolute atomic E-state index is 0.219. The quantitative estimate of drug-likeness (QED) is 0.722. The van der Waals surface area contributed by atoms with Gasteiger partial charge in [-0.2, -0.15) is 10.2 Å². The highest BCUT2D eigenvalue weighted by Gasteiger charge is 2.28. The van der Waals surface area contributed by atoms with E-state index in [1.165, 1.54) is 0 Å².